The molecule has 7 heteroatoms. The van der Waals surface area contributed by atoms with E-state index < -0.39 is 11.5 Å². The summed E-state index contributed by atoms with van der Waals surface area (Å²) in [6.07, 6.45) is 2.60. The summed E-state index contributed by atoms with van der Waals surface area (Å²) in [5, 5.41) is 20.5. The summed E-state index contributed by atoms with van der Waals surface area (Å²) in [6.45, 7) is 4.22. The van der Waals surface area contributed by atoms with Crippen LogP contribution in [0.1, 0.15) is 42.7 Å². The Bertz CT molecular complexity index is 668. The lowest BCUT2D eigenvalue weighted by Crippen LogP contribution is -2.42. The molecule has 2 rings (SSSR count). The van der Waals surface area contributed by atoms with Gasteiger partial charge in [-0.3, -0.25) is 4.79 Å². The number of nitrogens with zero attached hydrogens (tertiary/aromatic N) is 3. The molecule has 0 spiro atoms. The first kappa shape index (κ1) is 17.1. The van der Waals surface area contributed by atoms with Gasteiger partial charge in [0.2, 0.25) is 0 Å². The highest BCUT2D eigenvalue weighted by molar-refractivity contribution is 5.91. The van der Waals surface area contributed by atoms with Gasteiger partial charge in [-0.25, -0.2) is 9.07 Å². The molecular weight excluding hydrogens is 299 g/mol. The summed E-state index contributed by atoms with van der Waals surface area (Å²) in [5.74, 6) is -0.713. The predicted molar refractivity (Wildman–Crippen MR) is 83.4 cm³/mol. The van der Waals surface area contributed by atoms with Gasteiger partial charge in [-0.1, -0.05) is 31.2 Å². The number of carbonyl (C=O) groups excluding carboxylic acids is 1. The number of hydrogen-bond acceptors (Lipinski definition) is 4. The lowest BCUT2D eigenvalue weighted by molar-refractivity contribution is 0.0313. The van der Waals surface area contributed by atoms with E-state index in [2.05, 4.69) is 15.6 Å². The van der Waals surface area contributed by atoms with E-state index in [4.69, 9.17) is 0 Å². The van der Waals surface area contributed by atoms with Crippen LogP contribution in [0.4, 0.5) is 4.39 Å². The minimum Gasteiger partial charge on any atom is -0.388 e. The zero-order chi connectivity index (χ0) is 16.9. The van der Waals surface area contributed by atoms with Crippen molar-refractivity contribution in [3.8, 4) is 0 Å². The molecule has 0 saturated carbocycles. The van der Waals surface area contributed by atoms with Crippen LogP contribution in [0.25, 0.3) is 0 Å². The maximum atomic E-state index is 13.1. The number of rotatable bonds is 7. The van der Waals surface area contributed by atoms with Gasteiger partial charge in [0.05, 0.1) is 18.3 Å². The van der Waals surface area contributed by atoms with E-state index in [1.165, 1.54) is 23.0 Å². The Kier molecular flexibility index (Phi) is 5.44. The third-order valence-corrected chi connectivity index (χ3v) is 3.90. The first-order chi connectivity index (χ1) is 11.0. The van der Waals surface area contributed by atoms with E-state index in [1.807, 2.05) is 13.8 Å². The highest BCUT2D eigenvalue weighted by atomic mass is 19.1. The van der Waals surface area contributed by atoms with E-state index in [-0.39, 0.29) is 18.1 Å². The molecule has 1 amide bonds. The van der Waals surface area contributed by atoms with Gasteiger partial charge in [0.25, 0.3) is 5.91 Å². The second-order valence-electron chi connectivity index (χ2n) is 5.55. The van der Waals surface area contributed by atoms with Crippen LogP contribution in [0.3, 0.4) is 0 Å². The molecule has 23 heavy (non-hydrogen) atoms. The van der Waals surface area contributed by atoms with Crippen molar-refractivity contribution in [2.45, 2.75) is 38.8 Å². The summed E-state index contributed by atoms with van der Waals surface area (Å²) < 4.78 is 14.6. The molecule has 1 aromatic carbocycles. The van der Waals surface area contributed by atoms with Crippen molar-refractivity contribution in [3.63, 3.8) is 0 Å². The summed E-state index contributed by atoms with van der Waals surface area (Å²) >= 11 is 0. The minimum atomic E-state index is -0.910. The van der Waals surface area contributed by atoms with Crippen molar-refractivity contribution in [3.05, 3.63) is 47.5 Å². The molecular formula is C16H21FN4O2. The predicted octanol–water partition coefficient (Wildman–Crippen LogP) is 1.75. The molecule has 0 unspecified atom stereocenters. The molecule has 0 atom stereocenters. The van der Waals surface area contributed by atoms with Crippen molar-refractivity contribution in [1.29, 1.82) is 0 Å². The third-order valence-electron chi connectivity index (χ3n) is 3.90. The number of benzene rings is 1. The Balaban J connectivity index is 1.97. The number of halogens is 1. The molecule has 2 aromatic rings. The van der Waals surface area contributed by atoms with Crippen LogP contribution >= 0.6 is 0 Å². The van der Waals surface area contributed by atoms with Crippen molar-refractivity contribution < 1.29 is 14.3 Å². The van der Waals surface area contributed by atoms with Crippen LogP contribution in [-0.2, 0) is 6.54 Å². The lowest BCUT2D eigenvalue weighted by Gasteiger charge is -2.24. The number of carbonyl (C=O) groups is 1. The van der Waals surface area contributed by atoms with E-state index in [1.54, 1.807) is 12.1 Å². The summed E-state index contributed by atoms with van der Waals surface area (Å²) in [5.41, 5.74) is -0.0168. The Labute approximate surface area is 134 Å². The Hall–Kier alpha value is -2.28. The topological polar surface area (TPSA) is 80.0 Å². The summed E-state index contributed by atoms with van der Waals surface area (Å²) in [7, 11) is 0. The van der Waals surface area contributed by atoms with E-state index >= 15 is 0 Å². The van der Waals surface area contributed by atoms with Gasteiger partial charge in [0.15, 0.2) is 5.69 Å². The fourth-order valence-corrected chi connectivity index (χ4v) is 2.14. The molecule has 1 aromatic heterocycles. The molecule has 0 bridgehead atoms. The molecule has 0 aliphatic carbocycles. The fourth-order valence-electron chi connectivity index (χ4n) is 2.14. The van der Waals surface area contributed by atoms with E-state index in [0.29, 0.717) is 19.4 Å². The van der Waals surface area contributed by atoms with Crippen molar-refractivity contribution in [1.82, 2.24) is 20.3 Å². The normalized spacial score (nSPS) is 11.5. The average Bonchev–Trinajstić information content (AvgIpc) is 3.01. The summed E-state index contributed by atoms with van der Waals surface area (Å²) in [6, 6.07) is 6.16. The van der Waals surface area contributed by atoms with Gasteiger partial charge in [0.1, 0.15) is 5.82 Å². The van der Waals surface area contributed by atoms with Gasteiger partial charge < -0.3 is 10.4 Å². The second-order valence-corrected chi connectivity index (χ2v) is 5.55. The zero-order valence-corrected chi connectivity index (χ0v) is 13.3. The zero-order valence-electron chi connectivity index (χ0n) is 13.3. The second kappa shape index (κ2) is 7.32. The number of aliphatic hydroxyl groups is 1. The molecule has 0 aliphatic heterocycles. The third kappa shape index (κ3) is 4.59. The maximum absolute atomic E-state index is 13.1. The van der Waals surface area contributed by atoms with Gasteiger partial charge in [-0.05, 0) is 30.5 Å². The van der Waals surface area contributed by atoms with E-state index in [9.17, 15) is 14.3 Å². The monoisotopic (exact) mass is 320 g/mol. The van der Waals surface area contributed by atoms with Crippen LogP contribution in [0.5, 0.6) is 0 Å². The SMILES string of the molecule is CCC(O)(CC)CNC(=O)c1cn(Cc2cccc(F)c2)nn1. The molecule has 0 fully saturated rings. The van der Waals surface area contributed by atoms with Crippen molar-refractivity contribution in [2.24, 2.45) is 0 Å². The Morgan fingerprint density at radius 3 is 2.78 bits per heavy atom. The van der Waals surface area contributed by atoms with Crippen LogP contribution in [0.2, 0.25) is 0 Å². The smallest absolute Gasteiger partial charge is 0.273 e. The highest BCUT2D eigenvalue weighted by Crippen LogP contribution is 2.13. The number of aromatic nitrogens is 3. The van der Waals surface area contributed by atoms with Crippen LogP contribution in [-0.4, -0.2) is 38.2 Å². The standard InChI is InChI=1S/C16H21FN4O2/c1-3-16(23,4-2)11-18-15(22)14-10-21(20-19-14)9-12-6-5-7-13(17)8-12/h5-8,10,23H,3-4,9,11H2,1-2H3,(H,18,22). The number of hydrogen-bond donors (Lipinski definition) is 2. The molecule has 0 saturated heterocycles. The van der Waals surface area contributed by atoms with E-state index in [0.717, 1.165) is 5.56 Å². The quantitative estimate of drug-likeness (QED) is 0.814. The largest absolute Gasteiger partial charge is 0.388 e. The fraction of sp³-hybridized carbons (Fsp3) is 0.438. The van der Waals surface area contributed by atoms with Crippen LogP contribution in [0.15, 0.2) is 30.5 Å². The first-order valence-electron chi connectivity index (χ1n) is 7.61. The maximum Gasteiger partial charge on any atom is 0.273 e. The van der Waals surface area contributed by atoms with Gasteiger partial charge in [-0.15, -0.1) is 5.10 Å². The van der Waals surface area contributed by atoms with Crippen molar-refractivity contribution in [2.75, 3.05) is 6.54 Å². The number of nitrogens with one attached hydrogen (secondary N) is 1. The first-order valence-corrected chi connectivity index (χ1v) is 7.61. The molecule has 0 aliphatic rings. The lowest BCUT2D eigenvalue weighted by atomic mass is 9.97. The van der Waals surface area contributed by atoms with Gasteiger partial charge >= 0.3 is 0 Å². The summed E-state index contributed by atoms with van der Waals surface area (Å²) in [4.78, 5) is 12.0. The average molecular weight is 320 g/mol. The molecule has 6 nitrogen and oxygen atoms in total. The Morgan fingerprint density at radius 2 is 2.13 bits per heavy atom. The minimum absolute atomic E-state index is 0.162. The Morgan fingerprint density at radius 1 is 1.39 bits per heavy atom. The van der Waals surface area contributed by atoms with Gasteiger partial charge in [0, 0.05) is 6.54 Å². The molecule has 2 N–H and O–H groups in total. The molecule has 1 heterocycles. The van der Waals surface area contributed by atoms with Crippen LogP contribution < -0.4 is 5.32 Å². The molecule has 124 valence electrons. The van der Waals surface area contributed by atoms with Gasteiger partial charge in [-0.2, -0.15) is 0 Å². The van der Waals surface area contributed by atoms with Crippen molar-refractivity contribution >= 4 is 5.91 Å². The number of amides is 1. The van der Waals surface area contributed by atoms with Crippen LogP contribution in [0, 0.1) is 5.82 Å². The highest BCUT2D eigenvalue weighted by Gasteiger charge is 2.23. The molecule has 0 radical (unpaired) electrons.